The molecule has 4 rings (SSSR count). The second-order valence-electron chi connectivity index (χ2n) is 13.4. The van der Waals surface area contributed by atoms with Crippen molar-refractivity contribution in [2.24, 2.45) is 11.8 Å². The third-order valence-electron chi connectivity index (χ3n) is 8.53. The van der Waals surface area contributed by atoms with Gasteiger partial charge in [-0.2, -0.15) is 0 Å². The minimum absolute atomic E-state index is 0.0942. The zero-order chi connectivity index (χ0) is 30.4. The lowest BCUT2D eigenvalue weighted by Gasteiger charge is -2.29. The van der Waals surface area contributed by atoms with Crippen LogP contribution in [0.4, 0.5) is 4.79 Å². The molecule has 1 saturated heterocycles. The van der Waals surface area contributed by atoms with E-state index in [1.807, 2.05) is 12.2 Å². The molecule has 4 unspecified atom stereocenters. The Morgan fingerprint density at radius 3 is 2.49 bits per heavy atom. The standard InChI is InChI=1S/C29H44N4O7S/c1-18-10-7-8-11-20-17-29(20,25(36)32-41(38,39)28(6)13-14-28)31-23(34)21-12-9-15-33(21)24(35)22(19(2)16-18)30-26(37)40-27(3,4)5/h8,11,18,20-21H,7,9-10,12-17H2,1-6H3,(H,30,37)(H,31,34)(H,32,36)/b11-8?,22-19+. The van der Waals surface area contributed by atoms with Crippen molar-refractivity contribution in [2.75, 3.05) is 6.54 Å². The first-order valence-corrected chi connectivity index (χ1v) is 16.0. The smallest absolute Gasteiger partial charge is 0.412 e. The molecular formula is C29H44N4O7S. The van der Waals surface area contributed by atoms with Crippen molar-refractivity contribution in [1.29, 1.82) is 0 Å². The zero-order valence-corrected chi connectivity index (χ0v) is 25.8. The van der Waals surface area contributed by atoms with E-state index in [-0.39, 0.29) is 24.0 Å². The number of nitrogens with one attached hydrogen (secondary N) is 3. The average molecular weight is 593 g/mol. The van der Waals surface area contributed by atoms with Crippen LogP contribution in [0.15, 0.2) is 23.4 Å². The van der Waals surface area contributed by atoms with Crippen LogP contribution in [0.5, 0.6) is 0 Å². The van der Waals surface area contributed by atoms with Crippen LogP contribution in [0.2, 0.25) is 0 Å². The number of amides is 4. The van der Waals surface area contributed by atoms with Gasteiger partial charge in [0.15, 0.2) is 0 Å². The number of ether oxygens (including phenoxy) is 1. The molecule has 12 heteroatoms. The Balaban J connectivity index is 1.63. The Morgan fingerprint density at radius 1 is 1.17 bits per heavy atom. The van der Waals surface area contributed by atoms with Crippen LogP contribution < -0.4 is 15.4 Å². The van der Waals surface area contributed by atoms with Gasteiger partial charge in [0.05, 0.1) is 4.75 Å². The molecule has 0 aromatic carbocycles. The predicted octanol–water partition coefficient (Wildman–Crippen LogP) is 3.03. The summed E-state index contributed by atoms with van der Waals surface area (Å²) in [6, 6.07) is -0.874. The SMILES string of the molecule is C/C1=C(\NC(=O)OC(C)(C)C)C(=O)N2CCCC2C(=O)NC2(C(=O)NS(=O)(=O)C3(C)CC3)CC2C=CCCC(C)C1. The summed E-state index contributed by atoms with van der Waals surface area (Å²) in [6.45, 7) is 11.0. The Kier molecular flexibility index (Phi) is 8.39. The van der Waals surface area contributed by atoms with E-state index in [1.54, 1.807) is 34.6 Å². The van der Waals surface area contributed by atoms with Gasteiger partial charge in [0.2, 0.25) is 15.9 Å². The molecule has 2 saturated carbocycles. The van der Waals surface area contributed by atoms with Gasteiger partial charge in [-0.3, -0.25) is 24.4 Å². The predicted molar refractivity (Wildman–Crippen MR) is 153 cm³/mol. The Morgan fingerprint density at radius 2 is 1.85 bits per heavy atom. The first kappa shape index (κ1) is 31.1. The fourth-order valence-electron chi connectivity index (χ4n) is 5.61. The monoisotopic (exact) mass is 592 g/mol. The van der Waals surface area contributed by atoms with Crippen LogP contribution in [-0.2, 0) is 29.1 Å². The van der Waals surface area contributed by atoms with Gasteiger partial charge in [0, 0.05) is 12.5 Å². The van der Waals surface area contributed by atoms with Gasteiger partial charge in [-0.05, 0) is 97.5 Å². The summed E-state index contributed by atoms with van der Waals surface area (Å²) in [5.74, 6) is -1.93. The first-order valence-electron chi connectivity index (χ1n) is 14.5. The van der Waals surface area contributed by atoms with E-state index >= 15 is 0 Å². The third kappa shape index (κ3) is 6.79. The van der Waals surface area contributed by atoms with Crippen molar-refractivity contribution < 1.29 is 32.3 Å². The van der Waals surface area contributed by atoms with Crippen LogP contribution in [0, 0.1) is 11.8 Å². The Bertz CT molecular complexity index is 1280. The molecule has 0 radical (unpaired) electrons. The van der Waals surface area contributed by atoms with Crippen molar-refractivity contribution >= 4 is 33.8 Å². The molecule has 4 aliphatic rings. The van der Waals surface area contributed by atoms with Crippen LogP contribution in [0.1, 0.15) is 92.9 Å². The van der Waals surface area contributed by atoms with Crippen LogP contribution in [0.25, 0.3) is 0 Å². The fraction of sp³-hybridized carbons (Fsp3) is 0.724. The second-order valence-corrected chi connectivity index (χ2v) is 15.6. The number of fused-ring (bicyclic) bond motifs is 2. The molecule has 3 fully saturated rings. The van der Waals surface area contributed by atoms with Gasteiger partial charge in [-0.15, -0.1) is 0 Å². The summed E-state index contributed by atoms with van der Waals surface area (Å²) >= 11 is 0. The van der Waals surface area contributed by atoms with E-state index < -0.39 is 55.8 Å². The summed E-state index contributed by atoms with van der Waals surface area (Å²) in [7, 11) is -3.90. The van der Waals surface area contributed by atoms with E-state index in [0.717, 1.165) is 6.42 Å². The van der Waals surface area contributed by atoms with Gasteiger partial charge in [-0.25, -0.2) is 13.2 Å². The number of sulfonamides is 1. The summed E-state index contributed by atoms with van der Waals surface area (Å²) in [5, 5.41) is 5.50. The number of rotatable bonds is 4. The molecule has 11 nitrogen and oxygen atoms in total. The summed E-state index contributed by atoms with van der Waals surface area (Å²) in [4.78, 5) is 55.1. The third-order valence-corrected chi connectivity index (χ3v) is 10.7. The van der Waals surface area contributed by atoms with E-state index in [9.17, 15) is 27.6 Å². The van der Waals surface area contributed by atoms with Gasteiger partial charge in [-0.1, -0.05) is 19.1 Å². The van der Waals surface area contributed by atoms with Gasteiger partial charge in [0.25, 0.3) is 11.8 Å². The van der Waals surface area contributed by atoms with Gasteiger partial charge in [0.1, 0.15) is 22.9 Å². The first-order chi connectivity index (χ1) is 19.0. The van der Waals surface area contributed by atoms with Crippen molar-refractivity contribution in [3.63, 3.8) is 0 Å². The van der Waals surface area contributed by atoms with E-state index in [2.05, 4.69) is 22.3 Å². The van der Waals surface area contributed by atoms with Gasteiger partial charge >= 0.3 is 6.09 Å². The molecular weight excluding hydrogens is 548 g/mol. The lowest BCUT2D eigenvalue weighted by Crippen LogP contribution is -2.57. The number of alkyl carbamates (subject to hydrolysis) is 1. The van der Waals surface area contributed by atoms with Crippen molar-refractivity contribution in [2.45, 2.75) is 115 Å². The Hall–Kier alpha value is -2.89. The highest BCUT2D eigenvalue weighted by Crippen LogP contribution is 2.47. The molecule has 2 heterocycles. The van der Waals surface area contributed by atoms with Crippen molar-refractivity contribution in [1.82, 2.24) is 20.3 Å². The van der Waals surface area contributed by atoms with E-state index in [4.69, 9.17) is 4.74 Å². The average Bonchev–Trinajstić information content (AvgIpc) is 3.71. The largest absolute Gasteiger partial charge is 0.444 e. The molecule has 2 aliphatic heterocycles. The minimum atomic E-state index is -3.90. The molecule has 0 spiro atoms. The van der Waals surface area contributed by atoms with E-state index in [1.165, 1.54) is 4.90 Å². The highest BCUT2D eigenvalue weighted by atomic mass is 32.2. The topological polar surface area (TPSA) is 151 Å². The number of allylic oxidation sites excluding steroid dienone is 2. The Labute approximate surface area is 242 Å². The fourth-order valence-corrected chi connectivity index (χ4v) is 6.92. The van der Waals surface area contributed by atoms with Crippen LogP contribution in [0.3, 0.4) is 0 Å². The van der Waals surface area contributed by atoms with Gasteiger partial charge < -0.3 is 15.0 Å². The highest BCUT2D eigenvalue weighted by molar-refractivity contribution is 7.91. The quantitative estimate of drug-likeness (QED) is 0.425. The molecule has 0 aromatic heterocycles. The minimum Gasteiger partial charge on any atom is -0.444 e. The maximum absolute atomic E-state index is 13.9. The summed E-state index contributed by atoms with van der Waals surface area (Å²) in [6.07, 6.45) is 7.30. The number of carbonyl (C=O) groups excluding carboxylic acids is 4. The lowest BCUT2D eigenvalue weighted by atomic mass is 9.95. The number of carbonyl (C=O) groups is 4. The molecule has 228 valence electrons. The van der Waals surface area contributed by atoms with Crippen LogP contribution in [-0.4, -0.2) is 65.6 Å². The maximum Gasteiger partial charge on any atom is 0.412 e. The molecule has 0 bridgehead atoms. The molecule has 41 heavy (non-hydrogen) atoms. The summed E-state index contributed by atoms with van der Waals surface area (Å²) in [5.41, 5.74) is -1.39. The van der Waals surface area contributed by atoms with Crippen molar-refractivity contribution in [3.05, 3.63) is 23.4 Å². The number of nitrogens with zero attached hydrogens (tertiary/aromatic N) is 1. The molecule has 0 aromatic rings. The summed E-state index contributed by atoms with van der Waals surface area (Å²) < 4.78 is 32.4. The van der Waals surface area contributed by atoms with E-state index in [0.29, 0.717) is 50.6 Å². The lowest BCUT2D eigenvalue weighted by molar-refractivity contribution is -0.137. The molecule has 3 N–H and O–H groups in total. The normalized spacial score (nSPS) is 32.0. The molecule has 4 atom stereocenters. The maximum atomic E-state index is 13.9. The molecule has 4 amide bonds. The van der Waals surface area contributed by atoms with Crippen molar-refractivity contribution in [3.8, 4) is 0 Å². The number of hydrogen-bond donors (Lipinski definition) is 3. The molecule has 2 aliphatic carbocycles. The number of hydrogen-bond acceptors (Lipinski definition) is 7. The van der Waals surface area contributed by atoms with Crippen LogP contribution >= 0.6 is 0 Å². The zero-order valence-electron chi connectivity index (χ0n) is 25.0. The highest BCUT2D eigenvalue weighted by Gasteiger charge is 2.62. The second kappa shape index (κ2) is 11.1.